The van der Waals surface area contributed by atoms with Crippen LogP contribution in [0.15, 0.2) is 0 Å². The number of nitrogens with one attached hydrogen (secondary N) is 1. The smallest absolute Gasteiger partial charge is 0.0282 e. The summed E-state index contributed by atoms with van der Waals surface area (Å²) in [5, 5.41) is 5.45. The van der Waals surface area contributed by atoms with Gasteiger partial charge in [-0.3, -0.25) is 5.84 Å². The second-order valence-electron chi connectivity index (χ2n) is 3.50. The second-order valence-corrected chi connectivity index (χ2v) is 3.50. The predicted molar refractivity (Wildman–Crippen MR) is 40.3 cm³/mol. The zero-order valence-electron chi connectivity index (χ0n) is 6.21. The Kier molecular flexibility index (Phi) is 1.64. The maximum absolute atomic E-state index is 5.75. The third-order valence-corrected chi connectivity index (χ3v) is 2.57. The fourth-order valence-corrected chi connectivity index (χ4v) is 1.98. The molecule has 0 saturated carbocycles. The van der Waals surface area contributed by atoms with E-state index >= 15 is 0 Å². The minimum absolute atomic E-state index is 0.670. The van der Waals surface area contributed by atoms with Gasteiger partial charge >= 0.3 is 0 Å². The highest BCUT2D eigenvalue weighted by atomic mass is 15.4. The molecule has 3 saturated heterocycles. The van der Waals surface area contributed by atoms with E-state index in [1.54, 1.807) is 0 Å². The fraction of sp³-hybridized carbons (Fsp3) is 1.00. The van der Waals surface area contributed by atoms with Gasteiger partial charge in [0.2, 0.25) is 0 Å². The standard InChI is InChI=1S/C7H15N3/c8-10-4-6-1-2-7(5-10)9-3-6/h6-7,9H,1-5,8H2. The minimum Gasteiger partial charge on any atom is -0.312 e. The van der Waals surface area contributed by atoms with Gasteiger partial charge in [-0.1, -0.05) is 0 Å². The maximum atomic E-state index is 5.75. The summed E-state index contributed by atoms with van der Waals surface area (Å²) in [6, 6.07) is 0.670. The molecule has 0 radical (unpaired) electrons. The molecule has 3 fully saturated rings. The lowest BCUT2D eigenvalue weighted by molar-refractivity contribution is 0.273. The Morgan fingerprint density at radius 2 is 2.20 bits per heavy atom. The summed E-state index contributed by atoms with van der Waals surface area (Å²) in [6.45, 7) is 3.30. The summed E-state index contributed by atoms with van der Waals surface area (Å²) in [4.78, 5) is 0. The van der Waals surface area contributed by atoms with Crippen LogP contribution in [0.25, 0.3) is 0 Å². The van der Waals surface area contributed by atoms with Gasteiger partial charge in [0.15, 0.2) is 0 Å². The van der Waals surface area contributed by atoms with Crippen LogP contribution in [0.1, 0.15) is 12.8 Å². The topological polar surface area (TPSA) is 41.3 Å². The number of nitrogens with zero attached hydrogens (tertiary/aromatic N) is 1. The molecule has 0 spiro atoms. The first-order valence-electron chi connectivity index (χ1n) is 4.07. The Hall–Kier alpha value is -0.120. The average molecular weight is 141 g/mol. The summed E-state index contributed by atoms with van der Waals surface area (Å²) < 4.78 is 0. The van der Waals surface area contributed by atoms with Gasteiger partial charge in [-0.05, 0) is 25.3 Å². The lowest BCUT2D eigenvalue weighted by atomic mass is 9.97. The number of hydrazine groups is 1. The molecule has 0 aliphatic carbocycles. The molecule has 3 heteroatoms. The first-order chi connectivity index (χ1) is 4.84. The van der Waals surface area contributed by atoms with Gasteiger partial charge in [0.05, 0.1) is 0 Å². The molecule has 3 heterocycles. The Bertz CT molecular complexity index is 104. The van der Waals surface area contributed by atoms with Crippen molar-refractivity contribution < 1.29 is 0 Å². The highest BCUT2D eigenvalue weighted by molar-refractivity contribution is 4.84. The van der Waals surface area contributed by atoms with Crippen molar-refractivity contribution in [1.82, 2.24) is 10.3 Å². The number of piperidine rings is 1. The number of nitrogens with two attached hydrogens (primary N) is 1. The molecular formula is C7H15N3. The normalized spacial score (nSPS) is 41.7. The Balaban J connectivity index is 2.05. The summed E-state index contributed by atoms with van der Waals surface area (Å²) >= 11 is 0. The average Bonchev–Trinajstić information content (AvgIpc) is 2.17. The van der Waals surface area contributed by atoms with Crippen molar-refractivity contribution >= 4 is 0 Å². The van der Waals surface area contributed by atoms with Crippen LogP contribution in [0.5, 0.6) is 0 Å². The largest absolute Gasteiger partial charge is 0.312 e. The van der Waals surface area contributed by atoms with Crippen LogP contribution in [0, 0.1) is 5.92 Å². The van der Waals surface area contributed by atoms with Crippen LogP contribution in [-0.2, 0) is 0 Å². The zero-order chi connectivity index (χ0) is 6.97. The van der Waals surface area contributed by atoms with Crippen LogP contribution in [0.2, 0.25) is 0 Å². The number of hydrogen-bond acceptors (Lipinski definition) is 3. The summed E-state index contributed by atoms with van der Waals surface area (Å²) in [6.07, 6.45) is 2.68. The van der Waals surface area contributed by atoms with E-state index in [-0.39, 0.29) is 0 Å². The predicted octanol–water partition coefficient (Wildman–Crippen LogP) is -0.456. The number of fused-ring (bicyclic) bond motifs is 4. The fourth-order valence-electron chi connectivity index (χ4n) is 1.98. The van der Waals surface area contributed by atoms with Gasteiger partial charge < -0.3 is 5.32 Å². The zero-order valence-corrected chi connectivity index (χ0v) is 6.21. The molecule has 0 aromatic heterocycles. The minimum atomic E-state index is 0.670. The molecule has 0 aromatic carbocycles. The molecule has 2 unspecified atom stereocenters. The number of rotatable bonds is 0. The van der Waals surface area contributed by atoms with E-state index in [0.29, 0.717) is 6.04 Å². The van der Waals surface area contributed by atoms with Crippen molar-refractivity contribution in [3.8, 4) is 0 Å². The third-order valence-electron chi connectivity index (χ3n) is 2.57. The van der Waals surface area contributed by atoms with Crippen molar-refractivity contribution in [3.05, 3.63) is 0 Å². The van der Waals surface area contributed by atoms with Crippen LogP contribution in [0.4, 0.5) is 0 Å². The summed E-state index contributed by atoms with van der Waals surface area (Å²) in [5.41, 5.74) is 0. The molecule has 3 rings (SSSR count). The van der Waals surface area contributed by atoms with E-state index < -0.39 is 0 Å². The first-order valence-corrected chi connectivity index (χ1v) is 4.07. The van der Waals surface area contributed by atoms with Crippen molar-refractivity contribution in [3.63, 3.8) is 0 Å². The summed E-state index contributed by atoms with van der Waals surface area (Å²) in [7, 11) is 0. The lowest BCUT2D eigenvalue weighted by Gasteiger charge is -2.23. The van der Waals surface area contributed by atoms with Crippen LogP contribution >= 0.6 is 0 Å². The van der Waals surface area contributed by atoms with E-state index in [1.165, 1.54) is 19.4 Å². The molecule has 0 amide bonds. The second kappa shape index (κ2) is 2.49. The Morgan fingerprint density at radius 1 is 1.30 bits per heavy atom. The Labute approximate surface area is 61.5 Å². The van der Waals surface area contributed by atoms with Crippen molar-refractivity contribution in [1.29, 1.82) is 0 Å². The van der Waals surface area contributed by atoms with Gasteiger partial charge in [0.1, 0.15) is 0 Å². The first kappa shape index (κ1) is 6.58. The molecular weight excluding hydrogens is 126 g/mol. The van der Waals surface area contributed by atoms with Crippen LogP contribution in [0.3, 0.4) is 0 Å². The van der Waals surface area contributed by atoms with Crippen molar-refractivity contribution in [2.75, 3.05) is 19.6 Å². The van der Waals surface area contributed by atoms with Crippen molar-refractivity contribution in [2.24, 2.45) is 11.8 Å². The van der Waals surface area contributed by atoms with Gasteiger partial charge in [-0.15, -0.1) is 0 Å². The lowest BCUT2D eigenvalue weighted by Crippen LogP contribution is -2.40. The molecule has 0 aromatic rings. The Morgan fingerprint density at radius 3 is 2.90 bits per heavy atom. The molecule has 3 N–H and O–H groups in total. The molecule has 58 valence electrons. The van der Waals surface area contributed by atoms with Gasteiger partial charge in [-0.25, -0.2) is 5.01 Å². The summed E-state index contributed by atoms with van der Waals surface area (Å²) in [5.74, 6) is 6.56. The highest BCUT2D eigenvalue weighted by Gasteiger charge is 2.27. The van der Waals surface area contributed by atoms with Gasteiger partial charge in [-0.2, -0.15) is 0 Å². The maximum Gasteiger partial charge on any atom is 0.0282 e. The monoisotopic (exact) mass is 141 g/mol. The van der Waals surface area contributed by atoms with E-state index in [2.05, 4.69) is 5.32 Å². The van der Waals surface area contributed by atoms with E-state index in [1.807, 2.05) is 5.01 Å². The van der Waals surface area contributed by atoms with Crippen LogP contribution in [-0.4, -0.2) is 30.7 Å². The van der Waals surface area contributed by atoms with Crippen molar-refractivity contribution in [2.45, 2.75) is 18.9 Å². The van der Waals surface area contributed by atoms with E-state index in [0.717, 1.165) is 19.0 Å². The number of hydrogen-bond donors (Lipinski definition) is 2. The van der Waals surface area contributed by atoms with Gasteiger partial charge in [0.25, 0.3) is 0 Å². The molecule has 10 heavy (non-hydrogen) atoms. The highest BCUT2D eigenvalue weighted by Crippen LogP contribution is 2.19. The molecule has 3 aliphatic rings. The SMILES string of the molecule is NN1CC2CCC(C1)NC2. The third kappa shape index (κ3) is 1.17. The van der Waals surface area contributed by atoms with E-state index in [9.17, 15) is 0 Å². The van der Waals surface area contributed by atoms with Gasteiger partial charge in [0, 0.05) is 19.1 Å². The molecule has 2 atom stereocenters. The molecule has 3 aliphatic heterocycles. The van der Waals surface area contributed by atoms with E-state index in [4.69, 9.17) is 5.84 Å². The van der Waals surface area contributed by atoms with Crippen LogP contribution < -0.4 is 11.2 Å². The molecule has 3 nitrogen and oxygen atoms in total. The molecule has 2 bridgehead atoms. The quantitative estimate of drug-likeness (QED) is 0.449.